The Morgan fingerprint density at radius 1 is 1.27 bits per heavy atom. The van der Waals surface area contributed by atoms with Crippen molar-refractivity contribution in [3.8, 4) is 0 Å². The fourth-order valence-electron chi connectivity index (χ4n) is 0.968. The highest BCUT2D eigenvalue weighted by Gasteiger charge is 2.24. The molecule has 0 aliphatic heterocycles. The molecule has 0 radical (unpaired) electrons. The molecule has 0 saturated carbocycles. The SMILES string of the molecule is CC(C)C(C)(C)OCCC(C)(C)NC=O. The Morgan fingerprint density at radius 2 is 1.80 bits per heavy atom. The highest BCUT2D eigenvalue weighted by Crippen LogP contribution is 2.21. The molecule has 1 amide bonds. The highest BCUT2D eigenvalue weighted by molar-refractivity contribution is 5.47. The van der Waals surface area contributed by atoms with Gasteiger partial charge in [0.1, 0.15) is 0 Å². The first-order chi connectivity index (χ1) is 6.71. The van der Waals surface area contributed by atoms with Gasteiger partial charge in [-0.15, -0.1) is 0 Å². The normalized spacial score (nSPS) is 13.0. The third-order valence-electron chi connectivity index (χ3n) is 3.04. The summed E-state index contributed by atoms with van der Waals surface area (Å²) in [6.45, 7) is 13.1. The zero-order valence-electron chi connectivity index (χ0n) is 10.9. The van der Waals surface area contributed by atoms with Crippen LogP contribution in [0.15, 0.2) is 0 Å². The van der Waals surface area contributed by atoms with Gasteiger partial charge in [0.25, 0.3) is 0 Å². The third-order valence-corrected chi connectivity index (χ3v) is 3.04. The molecule has 3 heteroatoms. The number of carbonyl (C=O) groups is 1. The first kappa shape index (κ1) is 14.4. The van der Waals surface area contributed by atoms with Gasteiger partial charge in [0.05, 0.1) is 5.60 Å². The van der Waals surface area contributed by atoms with Crippen molar-refractivity contribution < 1.29 is 9.53 Å². The summed E-state index contributed by atoms with van der Waals surface area (Å²) in [5, 5.41) is 2.78. The van der Waals surface area contributed by atoms with E-state index in [9.17, 15) is 4.79 Å². The van der Waals surface area contributed by atoms with Gasteiger partial charge in [-0.1, -0.05) is 13.8 Å². The Labute approximate surface area is 93.6 Å². The Bertz CT molecular complexity index is 198. The average Bonchev–Trinajstić information content (AvgIpc) is 2.02. The quantitative estimate of drug-likeness (QED) is 0.662. The minimum atomic E-state index is -0.186. The maximum Gasteiger partial charge on any atom is 0.207 e. The maximum absolute atomic E-state index is 10.3. The number of hydrogen-bond donors (Lipinski definition) is 1. The van der Waals surface area contributed by atoms with Crippen molar-refractivity contribution >= 4 is 6.41 Å². The summed E-state index contributed by atoms with van der Waals surface area (Å²) in [5.41, 5.74) is -0.286. The van der Waals surface area contributed by atoms with Crippen LogP contribution < -0.4 is 5.32 Å². The lowest BCUT2D eigenvalue weighted by Gasteiger charge is -2.32. The van der Waals surface area contributed by atoms with E-state index in [0.29, 0.717) is 12.5 Å². The molecular weight excluding hydrogens is 190 g/mol. The first-order valence-corrected chi connectivity index (χ1v) is 5.56. The van der Waals surface area contributed by atoms with E-state index in [2.05, 4.69) is 33.0 Å². The van der Waals surface area contributed by atoms with Crippen LogP contribution in [0.4, 0.5) is 0 Å². The third kappa shape index (κ3) is 5.78. The fourth-order valence-corrected chi connectivity index (χ4v) is 0.968. The lowest BCUT2D eigenvalue weighted by Crippen LogP contribution is -2.41. The summed E-state index contributed by atoms with van der Waals surface area (Å²) in [4.78, 5) is 10.3. The van der Waals surface area contributed by atoms with Gasteiger partial charge in [-0.25, -0.2) is 0 Å². The monoisotopic (exact) mass is 215 g/mol. The second-order valence-corrected chi connectivity index (χ2v) is 5.50. The van der Waals surface area contributed by atoms with Crippen molar-refractivity contribution in [3.63, 3.8) is 0 Å². The minimum Gasteiger partial charge on any atom is -0.375 e. The van der Waals surface area contributed by atoms with E-state index >= 15 is 0 Å². The van der Waals surface area contributed by atoms with Gasteiger partial charge in [0.15, 0.2) is 0 Å². The zero-order valence-corrected chi connectivity index (χ0v) is 10.9. The van der Waals surface area contributed by atoms with Crippen molar-refractivity contribution in [2.75, 3.05) is 6.61 Å². The summed E-state index contributed by atoms with van der Waals surface area (Å²) >= 11 is 0. The van der Waals surface area contributed by atoms with Crippen LogP contribution in [0.1, 0.15) is 48.0 Å². The number of ether oxygens (including phenoxy) is 1. The molecule has 3 nitrogen and oxygen atoms in total. The molecule has 0 atom stereocenters. The van der Waals surface area contributed by atoms with E-state index in [0.717, 1.165) is 12.8 Å². The van der Waals surface area contributed by atoms with Crippen LogP contribution >= 0.6 is 0 Å². The topological polar surface area (TPSA) is 38.3 Å². The van der Waals surface area contributed by atoms with Gasteiger partial charge in [0, 0.05) is 12.1 Å². The van der Waals surface area contributed by atoms with Gasteiger partial charge >= 0.3 is 0 Å². The first-order valence-electron chi connectivity index (χ1n) is 5.56. The summed E-state index contributed by atoms with van der Waals surface area (Å²) in [7, 11) is 0. The van der Waals surface area contributed by atoms with E-state index in [-0.39, 0.29) is 11.1 Å². The van der Waals surface area contributed by atoms with E-state index in [4.69, 9.17) is 4.74 Å². The van der Waals surface area contributed by atoms with Crippen LogP contribution in [0, 0.1) is 5.92 Å². The number of amides is 1. The lowest BCUT2D eigenvalue weighted by molar-refractivity contribution is -0.111. The maximum atomic E-state index is 10.3. The molecule has 0 aliphatic rings. The largest absolute Gasteiger partial charge is 0.375 e. The Morgan fingerprint density at radius 3 is 2.20 bits per heavy atom. The Hall–Kier alpha value is -0.570. The van der Waals surface area contributed by atoms with Crippen LogP contribution in [0.25, 0.3) is 0 Å². The molecule has 0 bridgehead atoms. The summed E-state index contributed by atoms with van der Waals surface area (Å²) < 4.78 is 5.82. The molecule has 15 heavy (non-hydrogen) atoms. The number of rotatable bonds is 7. The fraction of sp³-hybridized carbons (Fsp3) is 0.917. The van der Waals surface area contributed by atoms with E-state index in [1.165, 1.54) is 0 Å². The second-order valence-electron chi connectivity index (χ2n) is 5.50. The van der Waals surface area contributed by atoms with Crippen molar-refractivity contribution in [1.82, 2.24) is 5.32 Å². The lowest BCUT2D eigenvalue weighted by atomic mass is 9.94. The summed E-state index contributed by atoms with van der Waals surface area (Å²) in [5.74, 6) is 0.486. The molecule has 0 rings (SSSR count). The molecule has 0 aromatic carbocycles. The van der Waals surface area contributed by atoms with Gasteiger partial charge in [-0.2, -0.15) is 0 Å². The van der Waals surface area contributed by atoms with Crippen molar-refractivity contribution in [3.05, 3.63) is 0 Å². The standard InChI is InChI=1S/C12H25NO2/c1-10(2)12(5,6)15-8-7-11(3,4)13-9-14/h9-10H,7-8H2,1-6H3,(H,13,14). The molecule has 0 saturated heterocycles. The number of carbonyl (C=O) groups excluding carboxylic acids is 1. The molecule has 0 spiro atoms. The van der Waals surface area contributed by atoms with Gasteiger partial charge in [0.2, 0.25) is 6.41 Å². The zero-order chi connectivity index (χ0) is 12.1. The van der Waals surface area contributed by atoms with Crippen LogP contribution in [0.2, 0.25) is 0 Å². The second kappa shape index (κ2) is 5.50. The van der Waals surface area contributed by atoms with Crippen LogP contribution in [0.5, 0.6) is 0 Å². The van der Waals surface area contributed by atoms with Crippen LogP contribution in [-0.4, -0.2) is 24.2 Å². The molecule has 0 fully saturated rings. The molecule has 0 unspecified atom stereocenters. The van der Waals surface area contributed by atoms with E-state index in [1.54, 1.807) is 0 Å². The highest BCUT2D eigenvalue weighted by atomic mass is 16.5. The predicted molar refractivity (Wildman–Crippen MR) is 62.8 cm³/mol. The summed E-state index contributed by atoms with van der Waals surface area (Å²) in [6, 6.07) is 0. The van der Waals surface area contributed by atoms with Crippen LogP contribution in [-0.2, 0) is 9.53 Å². The molecule has 0 aromatic heterocycles. The van der Waals surface area contributed by atoms with Crippen molar-refractivity contribution in [2.45, 2.75) is 59.1 Å². The molecule has 0 aliphatic carbocycles. The van der Waals surface area contributed by atoms with Crippen molar-refractivity contribution in [1.29, 1.82) is 0 Å². The van der Waals surface area contributed by atoms with E-state index in [1.807, 2.05) is 13.8 Å². The van der Waals surface area contributed by atoms with E-state index < -0.39 is 0 Å². The molecular formula is C12H25NO2. The van der Waals surface area contributed by atoms with Crippen LogP contribution in [0.3, 0.4) is 0 Å². The smallest absolute Gasteiger partial charge is 0.207 e. The molecule has 0 aromatic rings. The number of hydrogen-bond acceptors (Lipinski definition) is 2. The Balaban J connectivity index is 3.93. The molecule has 90 valence electrons. The molecule has 0 heterocycles. The number of nitrogens with one attached hydrogen (secondary N) is 1. The van der Waals surface area contributed by atoms with Gasteiger partial charge in [-0.3, -0.25) is 4.79 Å². The van der Waals surface area contributed by atoms with Gasteiger partial charge in [-0.05, 0) is 40.0 Å². The van der Waals surface area contributed by atoms with Gasteiger partial charge < -0.3 is 10.1 Å². The molecule has 1 N–H and O–H groups in total. The Kier molecular flexibility index (Phi) is 5.29. The van der Waals surface area contributed by atoms with Crippen molar-refractivity contribution in [2.24, 2.45) is 5.92 Å². The predicted octanol–water partition coefficient (Wildman–Crippen LogP) is 2.35. The average molecular weight is 215 g/mol. The summed E-state index contributed by atoms with van der Waals surface area (Å²) in [6.07, 6.45) is 1.56. The minimum absolute atomic E-state index is 0.0999.